The van der Waals surface area contributed by atoms with Gasteiger partial charge in [-0.05, 0) is 40.8 Å². The third kappa shape index (κ3) is 3.49. The number of rotatable bonds is 4. The first-order valence-electron chi connectivity index (χ1n) is 7.27. The second-order valence-electron chi connectivity index (χ2n) is 6.05. The first kappa shape index (κ1) is 14.4. The van der Waals surface area contributed by atoms with E-state index in [9.17, 15) is 0 Å². The van der Waals surface area contributed by atoms with Crippen molar-refractivity contribution < 1.29 is 0 Å². The van der Waals surface area contributed by atoms with Crippen LogP contribution < -0.4 is 0 Å². The molecular weight excluding hydrogens is 335 g/mol. The lowest BCUT2D eigenvalue weighted by Gasteiger charge is -2.29. The summed E-state index contributed by atoms with van der Waals surface area (Å²) in [6, 6.07) is 0. The first-order chi connectivity index (χ1) is 8.58. The molecule has 3 heteroatoms. The molecule has 2 unspecified atom stereocenters. The van der Waals surface area contributed by atoms with Gasteiger partial charge in [-0.2, -0.15) is 5.10 Å². The number of halogens is 1. The van der Waals surface area contributed by atoms with Gasteiger partial charge in [-0.3, -0.25) is 4.68 Å². The van der Waals surface area contributed by atoms with E-state index in [-0.39, 0.29) is 0 Å². The molecule has 1 aliphatic carbocycles. The second kappa shape index (κ2) is 6.40. The monoisotopic (exact) mass is 360 g/mol. The summed E-state index contributed by atoms with van der Waals surface area (Å²) in [4.78, 5) is 0. The van der Waals surface area contributed by atoms with Crippen LogP contribution in [0, 0.1) is 15.4 Å². The fourth-order valence-electron chi connectivity index (χ4n) is 3.38. The molecule has 0 aromatic carbocycles. The lowest BCUT2D eigenvalue weighted by atomic mass is 9.77. The topological polar surface area (TPSA) is 17.8 Å². The summed E-state index contributed by atoms with van der Waals surface area (Å²) in [7, 11) is 2.02. The maximum Gasteiger partial charge on any atom is 0.0786 e. The summed E-state index contributed by atoms with van der Waals surface area (Å²) in [6.07, 6.45) is 10.7. The molecule has 2 nitrogen and oxygen atoms in total. The van der Waals surface area contributed by atoms with Crippen molar-refractivity contribution in [2.24, 2.45) is 18.9 Å². The van der Waals surface area contributed by atoms with Crippen molar-refractivity contribution in [1.82, 2.24) is 9.78 Å². The average Bonchev–Trinajstić information content (AvgIpc) is 2.69. The Balaban J connectivity index is 1.93. The molecule has 2 atom stereocenters. The highest BCUT2D eigenvalue weighted by Gasteiger charge is 2.23. The Kier molecular flexibility index (Phi) is 5.10. The van der Waals surface area contributed by atoms with Crippen molar-refractivity contribution in [3.8, 4) is 0 Å². The summed E-state index contributed by atoms with van der Waals surface area (Å²) < 4.78 is 3.26. The van der Waals surface area contributed by atoms with Crippen molar-refractivity contribution in [3.05, 3.63) is 15.5 Å². The van der Waals surface area contributed by atoms with Crippen LogP contribution in [0.5, 0.6) is 0 Å². The average molecular weight is 360 g/mol. The minimum absolute atomic E-state index is 0.593. The molecule has 0 amide bonds. The van der Waals surface area contributed by atoms with E-state index in [0.717, 1.165) is 11.8 Å². The van der Waals surface area contributed by atoms with Crippen molar-refractivity contribution in [1.29, 1.82) is 0 Å². The van der Waals surface area contributed by atoms with Crippen LogP contribution in [0.4, 0.5) is 0 Å². The third-order valence-corrected chi connectivity index (χ3v) is 5.29. The minimum Gasteiger partial charge on any atom is -0.274 e. The zero-order valence-corrected chi connectivity index (χ0v) is 14.0. The van der Waals surface area contributed by atoms with Crippen molar-refractivity contribution in [2.45, 2.75) is 58.3 Å². The summed E-state index contributed by atoms with van der Waals surface area (Å²) in [5, 5.41) is 4.62. The molecule has 1 fully saturated rings. The zero-order valence-electron chi connectivity index (χ0n) is 11.8. The Labute approximate surface area is 125 Å². The van der Waals surface area contributed by atoms with E-state index in [2.05, 4.69) is 47.7 Å². The van der Waals surface area contributed by atoms with Crippen molar-refractivity contribution in [2.75, 3.05) is 0 Å². The van der Waals surface area contributed by atoms with E-state index in [4.69, 9.17) is 0 Å². The molecule has 18 heavy (non-hydrogen) atoms. The minimum atomic E-state index is 0.593. The summed E-state index contributed by atoms with van der Waals surface area (Å²) in [6.45, 7) is 4.78. The van der Waals surface area contributed by atoms with Crippen LogP contribution in [0.3, 0.4) is 0 Å². The van der Waals surface area contributed by atoms with Crippen LogP contribution in [-0.2, 0) is 7.05 Å². The Morgan fingerprint density at radius 3 is 2.56 bits per heavy atom. The van der Waals surface area contributed by atoms with Crippen molar-refractivity contribution in [3.63, 3.8) is 0 Å². The highest BCUT2D eigenvalue weighted by Crippen LogP contribution is 2.35. The van der Waals surface area contributed by atoms with Gasteiger partial charge >= 0.3 is 0 Å². The molecule has 102 valence electrons. The molecule has 1 heterocycles. The molecule has 1 aromatic rings. The van der Waals surface area contributed by atoms with Gasteiger partial charge in [0.25, 0.3) is 0 Å². The molecule has 0 spiro atoms. The molecule has 0 saturated heterocycles. The van der Waals surface area contributed by atoms with Crippen LogP contribution in [0.15, 0.2) is 6.20 Å². The molecule has 1 saturated carbocycles. The van der Waals surface area contributed by atoms with Gasteiger partial charge in [-0.15, -0.1) is 0 Å². The number of aromatic nitrogens is 2. The largest absolute Gasteiger partial charge is 0.274 e. The Morgan fingerprint density at radius 1 is 1.33 bits per heavy atom. The van der Waals surface area contributed by atoms with Crippen LogP contribution in [0.1, 0.15) is 64.0 Å². The predicted octanol–water partition coefficient (Wildman–Crippen LogP) is 4.73. The van der Waals surface area contributed by atoms with Gasteiger partial charge in [-0.1, -0.05) is 46.0 Å². The van der Waals surface area contributed by atoms with Gasteiger partial charge in [0, 0.05) is 19.2 Å². The quantitative estimate of drug-likeness (QED) is 0.710. The van der Waals surface area contributed by atoms with E-state index in [1.54, 1.807) is 0 Å². The van der Waals surface area contributed by atoms with Crippen LogP contribution >= 0.6 is 22.6 Å². The maximum absolute atomic E-state index is 4.62. The first-order valence-corrected chi connectivity index (χ1v) is 8.35. The highest BCUT2D eigenvalue weighted by atomic mass is 127. The van der Waals surface area contributed by atoms with Crippen LogP contribution in [-0.4, -0.2) is 9.78 Å². The van der Waals surface area contributed by atoms with E-state index in [1.807, 2.05) is 11.7 Å². The van der Waals surface area contributed by atoms with Crippen LogP contribution in [0.25, 0.3) is 0 Å². The number of nitrogens with zero attached hydrogens (tertiary/aromatic N) is 2. The number of hydrogen-bond acceptors (Lipinski definition) is 1. The fraction of sp³-hybridized carbons (Fsp3) is 0.800. The molecular formula is C15H25IN2. The summed E-state index contributed by atoms with van der Waals surface area (Å²) in [5.41, 5.74) is 1.29. The van der Waals surface area contributed by atoms with Crippen LogP contribution in [0.2, 0.25) is 0 Å². The van der Waals surface area contributed by atoms with Gasteiger partial charge in [0.1, 0.15) is 0 Å². The Hall–Kier alpha value is -0.0600. The molecule has 1 aliphatic rings. The lowest BCUT2D eigenvalue weighted by Crippen LogP contribution is -2.17. The van der Waals surface area contributed by atoms with E-state index in [1.165, 1.54) is 47.8 Å². The molecule has 0 aliphatic heterocycles. The second-order valence-corrected chi connectivity index (χ2v) is 7.21. The van der Waals surface area contributed by atoms with Gasteiger partial charge in [-0.25, -0.2) is 0 Å². The van der Waals surface area contributed by atoms with Gasteiger partial charge in [0.05, 0.1) is 9.26 Å². The lowest BCUT2D eigenvalue weighted by molar-refractivity contribution is 0.243. The standard InChI is InChI=1S/C15H25IN2/c1-11(13-7-5-4-6-8-13)9-12(2)15-14(16)10-18(3)17-15/h10-13H,4-9H2,1-3H3. The van der Waals surface area contributed by atoms with E-state index >= 15 is 0 Å². The Bertz CT molecular complexity index is 380. The molecule has 0 bridgehead atoms. The smallest absolute Gasteiger partial charge is 0.0786 e. The third-order valence-electron chi connectivity index (χ3n) is 4.46. The van der Waals surface area contributed by atoms with Crippen molar-refractivity contribution >= 4 is 22.6 Å². The van der Waals surface area contributed by atoms with E-state index in [0.29, 0.717) is 5.92 Å². The number of hydrogen-bond donors (Lipinski definition) is 0. The summed E-state index contributed by atoms with van der Waals surface area (Å²) >= 11 is 2.41. The zero-order chi connectivity index (χ0) is 13.1. The molecule has 0 radical (unpaired) electrons. The molecule has 1 aromatic heterocycles. The number of aryl methyl sites for hydroxylation is 1. The van der Waals surface area contributed by atoms with Gasteiger partial charge in [0.2, 0.25) is 0 Å². The van der Waals surface area contributed by atoms with Gasteiger partial charge in [0.15, 0.2) is 0 Å². The van der Waals surface area contributed by atoms with E-state index < -0.39 is 0 Å². The predicted molar refractivity (Wildman–Crippen MR) is 84.7 cm³/mol. The Morgan fingerprint density at radius 2 is 2.00 bits per heavy atom. The van der Waals surface area contributed by atoms with Gasteiger partial charge < -0.3 is 0 Å². The maximum atomic E-state index is 4.62. The molecule has 2 rings (SSSR count). The highest BCUT2D eigenvalue weighted by molar-refractivity contribution is 14.1. The summed E-state index contributed by atoms with van der Waals surface area (Å²) in [5.74, 6) is 2.40. The molecule has 0 N–H and O–H groups in total. The SMILES string of the molecule is CC(CC(C)C1CCCCC1)c1nn(C)cc1I. The normalized spacial score (nSPS) is 20.9. The fourth-order valence-corrected chi connectivity index (χ4v) is 4.42.